The fraction of sp³-hybridized carbons (Fsp3) is 0.571. The van der Waals surface area contributed by atoms with Gasteiger partial charge in [0.05, 0.1) is 5.56 Å². The summed E-state index contributed by atoms with van der Waals surface area (Å²) in [6, 6.07) is 4.44. The Bertz CT molecular complexity index is 383. The molecule has 102 valence electrons. The number of benzene rings is 1. The van der Waals surface area contributed by atoms with E-state index >= 15 is 0 Å². The minimum atomic E-state index is -4.26. The van der Waals surface area contributed by atoms with Gasteiger partial charge in [0, 0.05) is 6.04 Å². The summed E-state index contributed by atoms with van der Waals surface area (Å²) in [5.41, 5.74) is 6.58. The predicted octanol–water partition coefficient (Wildman–Crippen LogP) is 3.94. The quantitative estimate of drug-likeness (QED) is 0.851. The van der Waals surface area contributed by atoms with Gasteiger partial charge in [-0.15, -0.1) is 0 Å². The zero-order chi connectivity index (χ0) is 13.8. The number of rotatable bonds is 5. The molecule has 1 rings (SSSR count). The molecule has 0 saturated carbocycles. The van der Waals surface area contributed by atoms with Crippen LogP contribution in [0.1, 0.15) is 43.4 Å². The van der Waals surface area contributed by atoms with E-state index in [1.165, 1.54) is 12.1 Å². The molecule has 18 heavy (non-hydrogen) atoms. The highest BCUT2D eigenvalue weighted by Crippen LogP contribution is 2.31. The Morgan fingerprint density at radius 1 is 1.17 bits per heavy atom. The van der Waals surface area contributed by atoms with Crippen molar-refractivity contribution in [3.8, 4) is 0 Å². The lowest BCUT2D eigenvalue weighted by Gasteiger charge is -2.12. The van der Waals surface area contributed by atoms with Crippen LogP contribution in [0.4, 0.5) is 13.2 Å². The van der Waals surface area contributed by atoms with Crippen LogP contribution < -0.4 is 5.73 Å². The largest absolute Gasteiger partial charge is 0.416 e. The minimum absolute atomic E-state index is 0.0986. The molecule has 0 aliphatic carbocycles. The first-order valence-electron chi connectivity index (χ1n) is 6.28. The van der Waals surface area contributed by atoms with E-state index in [1.807, 2.05) is 19.9 Å². The fourth-order valence-corrected chi connectivity index (χ4v) is 1.90. The van der Waals surface area contributed by atoms with Gasteiger partial charge in [0.25, 0.3) is 0 Å². The average Bonchev–Trinajstić information content (AvgIpc) is 2.27. The number of hydrogen-bond acceptors (Lipinski definition) is 1. The van der Waals surface area contributed by atoms with Crippen LogP contribution >= 0.6 is 0 Å². The Kier molecular flexibility index (Phi) is 5.20. The topological polar surface area (TPSA) is 26.0 Å². The highest BCUT2D eigenvalue weighted by Gasteiger charge is 2.30. The van der Waals surface area contributed by atoms with E-state index in [4.69, 9.17) is 5.73 Å². The number of nitrogens with two attached hydrogens (primary N) is 1. The smallest absolute Gasteiger partial charge is 0.328 e. The Hall–Kier alpha value is -1.03. The molecule has 0 fully saturated rings. The highest BCUT2D eigenvalue weighted by atomic mass is 19.4. The summed E-state index contributed by atoms with van der Waals surface area (Å²) in [6.45, 7) is 3.77. The van der Waals surface area contributed by atoms with Gasteiger partial charge in [0.1, 0.15) is 0 Å². The third-order valence-electron chi connectivity index (χ3n) is 2.91. The lowest BCUT2D eigenvalue weighted by molar-refractivity contribution is -0.137. The first kappa shape index (κ1) is 15.0. The Balaban J connectivity index is 2.84. The maximum Gasteiger partial charge on any atom is 0.416 e. The van der Waals surface area contributed by atoms with E-state index in [0.29, 0.717) is 12.8 Å². The average molecular weight is 259 g/mol. The standard InChI is InChI=1S/C14H20F3N/c1-3-11-7-12(6-4-5-10(2)18)9-13(8-11)14(15,16)17/h7-10H,3-6,18H2,1-2H3/t10-/m1/s1. The van der Waals surface area contributed by atoms with Crippen LogP contribution in [0.3, 0.4) is 0 Å². The second-order valence-corrected chi connectivity index (χ2v) is 4.76. The van der Waals surface area contributed by atoms with Crippen molar-refractivity contribution in [2.24, 2.45) is 5.73 Å². The molecule has 0 saturated heterocycles. The third kappa shape index (κ3) is 4.69. The van der Waals surface area contributed by atoms with Crippen LogP contribution in [0.15, 0.2) is 18.2 Å². The van der Waals surface area contributed by atoms with Crippen molar-refractivity contribution in [3.05, 3.63) is 34.9 Å². The Labute approximate surface area is 106 Å². The van der Waals surface area contributed by atoms with Crippen molar-refractivity contribution in [1.29, 1.82) is 0 Å². The van der Waals surface area contributed by atoms with Crippen molar-refractivity contribution >= 4 is 0 Å². The van der Waals surface area contributed by atoms with Gasteiger partial charge in [-0.3, -0.25) is 0 Å². The first-order chi connectivity index (χ1) is 8.32. The molecule has 0 unspecified atom stereocenters. The van der Waals surface area contributed by atoms with Crippen molar-refractivity contribution < 1.29 is 13.2 Å². The molecule has 0 aromatic heterocycles. The molecular formula is C14H20F3N. The van der Waals surface area contributed by atoms with Crippen molar-refractivity contribution in [2.45, 2.75) is 51.7 Å². The van der Waals surface area contributed by atoms with Gasteiger partial charge in [-0.05, 0) is 55.9 Å². The zero-order valence-corrected chi connectivity index (χ0v) is 10.8. The summed E-state index contributed by atoms with van der Waals surface area (Å²) in [4.78, 5) is 0. The molecular weight excluding hydrogens is 239 g/mol. The SMILES string of the molecule is CCc1cc(CCC[C@@H](C)N)cc(C(F)(F)F)c1. The molecule has 1 atom stereocenters. The maximum atomic E-state index is 12.7. The van der Waals surface area contributed by atoms with Gasteiger partial charge in [0.2, 0.25) is 0 Å². The van der Waals surface area contributed by atoms with Gasteiger partial charge in [-0.25, -0.2) is 0 Å². The van der Waals surface area contributed by atoms with Crippen LogP contribution in [0.5, 0.6) is 0 Å². The molecule has 1 aromatic carbocycles. The Morgan fingerprint density at radius 2 is 1.78 bits per heavy atom. The number of aryl methyl sites for hydroxylation is 2. The van der Waals surface area contributed by atoms with E-state index in [1.54, 1.807) is 0 Å². The molecule has 0 heterocycles. The van der Waals surface area contributed by atoms with Crippen LogP contribution in [0, 0.1) is 0 Å². The lowest BCUT2D eigenvalue weighted by Crippen LogP contribution is -2.14. The fourth-order valence-electron chi connectivity index (χ4n) is 1.90. The van der Waals surface area contributed by atoms with Crippen LogP contribution in [0.2, 0.25) is 0 Å². The molecule has 0 radical (unpaired) electrons. The molecule has 4 heteroatoms. The molecule has 0 aliphatic rings. The van der Waals surface area contributed by atoms with Gasteiger partial charge in [-0.2, -0.15) is 13.2 Å². The summed E-state index contributed by atoms with van der Waals surface area (Å²) in [7, 11) is 0. The molecule has 0 spiro atoms. The Morgan fingerprint density at radius 3 is 2.28 bits per heavy atom. The molecule has 2 N–H and O–H groups in total. The molecule has 1 aromatic rings. The third-order valence-corrected chi connectivity index (χ3v) is 2.91. The van der Waals surface area contributed by atoms with Crippen molar-refractivity contribution in [2.75, 3.05) is 0 Å². The molecule has 1 nitrogen and oxygen atoms in total. The number of halogens is 3. The van der Waals surface area contributed by atoms with Gasteiger partial charge in [0.15, 0.2) is 0 Å². The monoisotopic (exact) mass is 259 g/mol. The summed E-state index contributed by atoms with van der Waals surface area (Å²) in [6.07, 6.45) is -1.34. The first-order valence-corrected chi connectivity index (χ1v) is 6.28. The normalized spacial score (nSPS) is 13.7. The molecule has 0 bridgehead atoms. The van der Waals surface area contributed by atoms with Crippen LogP contribution in [0.25, 0.3) is 0 Å². The maximum absolute atomic E-state index is 12.7. The van der Waals surface area contributed by atoms with E-state index in [9.17, 15) is 13.2 Å². The van der Waals surface area contributed by atoms with E-state index in [-0.39, 0.29) is 6.04 Å². The summed E-state index contributed by atoms with van der Waals surface area (Å²) in [5.74, 6) is 0. The zero-order valence-electron chi connectivity index (χ0n) is 10.8. The van der Waals surface area contributed by atoms with E-state index in [2.05, 4.69) is 0 Å². The van der Waals surface area contributed by atoms with Crippen molar-refractivity contribution in [1.82, 2.24) is 0 Å². The van der Waals surface area contributed by atoms with Gasteiger partial charge in [-0.1, -0.05) is 13.0 Å². The summed E-state index contributed by atoms with van der Waals surface area (Å²) < 4.78 is 38.1. The van der Waals surface area contributed by atoms with Gasteiger partial charge >= 0.3 is 6.18 Å². The minimum Gasteiger partial charge on any atom is -0.328 e. The van der Waals surface area contributed by atoms with Crippen molar-refractivity contribution in [3.63, 3.8) is 0 Å². The van der Waals surface area contributed by atoms with Gasteiger partial charge < -0.3 is 5.73 Å². The number of hydrogen-bond donors (Lipinski definition) is 1. The van der Waals surface area contributed by atoms with E-state index < -0.39 is 11.7 Å². The van der Waals surface area contributed by atoms with Crippen LogP contribution in [-0.2, 0) is 19.0 Å². The molecule has 0 aliphatic heterocycles. The predicted molar refractivity (Wildman–Crippen MR) is 67.4 cm³/mol. The highest BCUT2D eigenvalue weighted by molar-refractivity contribution is 5.32. The lowest BCUT2D eigenvalue weighted by atomic mass is 9.99. The van der Waals surface area contributed by atoms with Crippen LogP contribution in [-0.4, -0.2) is 6.04 Å². The van der Waals surface area contributed by atoms with E-state index in [0.717, 1.165) is 24.0 Å². The summed E-state index contributed by atoms with van der Waals surface area (Å²) in [5, 5.41) is 0. The summed E-state index contributed by atoms with van der Waals surface area (Å²) >= 11 is 0. The molecule has 0 amide bonds. The number of alkyl halides is 3. The second kappa shape index (κ2) is 6.23. The second-order valence-electron chi connectivity index (χ2n) is 4.76.